The highest BCUT2D eigenvalue weighted by atomic mass is 79.9. The van der Waals surface area contributed by atoms with E-state index in [1.54, 1.807) is 11.0 Å². The van der Waals surface area contributed by atoms with Gasteiger partial charge >= 0.3 is 0 Å². The number of halogens is 1. The van der Waals surface area contributed by atoms with Gasteiger partial charge in [0, 0.05) is 19.2 Å². The van der Waals surface area contributed by atoms with Crippen LogP contribution in [-0.2, 0) is 0 Å². The summed E-state index contributed by atoms with van der Waals surface area (Å²) in [7, 11) is 0. The maximum Gasteiger partial charge on any atom is 0.257 e. The molecule has 0 aliphatic rings. The number of nitrogens with zero attached hydrogens (tertiary/aromatic N) is 1. The lowest BCUT2D eigenvalue weighted by molar-refractivity contribution is 0.0772. The van der Waals surface area contributed by atoms with Crippen molar-refractivity contribution in [2.24, 2.45) is 0 Å². The average molecular weight is 246 g/mol. The smallest absolute Gasteiger partial charge is 0.257 e. The average Bonchev–Trinajstić information content (AvgIpc) is 2.54. The topological polar surface area (TPSA) is 33.5 Å². The van der Waals surface area contributed by atoms with Gasteiger partial charge in [0.05, 0.1) is 5.56 Å². The third-order valence-electron chi connectivity index (χ3n) is 1.87. The van der Waals surface area contributed by atoms with E-state index >= 15 is 0 Å². The first-order valence-corrected chi connectivity index (χ1v) is 5.01. The molecule has 1 rings (SSSR count). The van der Waals surface area contributed by atoms with E-state index in [1.165, 1.54) is 6.26 Å². The molecule has 0 saturated carbocycles. The molecule has 1 aromatic heterocycles. The molecule has 0 bridgehead atoms. The van der Waals surface area contributed by atoms with Crippen molar-refractivity contribution < 1.29 is 9.21 Å². The minimum atomic E-state index is 0.0134. The van der Waals surface area contributed by atoms with Gasteiger partial charge in [0.15, 0.2) is 4.67 Å². The van der Waals surface area contributed by atoms with E-state index in [0.717, 1.165) is 13.1 Å². The van der Waals surface area contributed by atoms with Crippen LogP contribution in [0.5, 0.6) is 0 Å². The van der Waals surface area contributed by atoms with Gasteiger partial charge in [-0.05, 0) is 29.8 Å². The summed E-state index contributed by atoms with van der Waals surface area (Å²) in [6, 6.07) is 1.68. The van der Waals surface area contributed by atoms with E-state index in [9.17, 15) is 4.79 Å². The fourth-order valence-corrected chi connectivity index (χ4v) is 1.46. The highest BCUT2D eigenvalue weighted by Gasteiger charge is 2.14. The van der Waals surface area contributed by atoms with E-state index < -0.39 is 0 Å². The van der Waals surface area contributed by atoms with Gasteiger partial charge in [-0.25, -0.2) is 0 Å². The lowest BCUT2D eigenvalue weighted by atomic mass is 10.3. The van der Waals surface area contributed by atoms with Crippen LogP contribution in [0.2, 0.25) is 0 Å². The van der Waals surface area contributed by atoms with Crippen molar-refractivity contribution >= 4 is 21.8 Å². The zero-order valence-electron chi connectivity index (χ0n) is 7.71. The van der Waals surface area contributed by atoms with Gasteiger partial charge < -0.3 is 9.32 Å². The van der Waals surface area contributed by atoms with Crippen LogP contribution in [0.1, 0.15) is 24.2 Å². The van der Waals surface area contributed by atoms with Crippen molar-refractivity contribution in [1.82, 2.24) is 4.90 Å². The quantitative estimate of drug-likeness (QED) is 0.821. The summed E-state index contributed by atoms with van der Waals surface area (Å²) in [5.74, 6) is 0.0134. The Balaban J connectivity index is 2.78. The monoisotopic (exact) mass is 245 g/mol. The number of amides is 1. The standard InChI is InChI=1S/C9H12BrNO2/c1-3-11(4-2)9(12)7-5-8(10)13-6-7/h5-6H,3-4H2,1-2H3. The number of hydrogen-bond donors (Lipinski definition) is 0. The molecule has 0 fully saturated rings. The Bertz CT molecular complexity index is 292. The molecule has 0 aliphatic heterocycles. The largest absolute Gasteiger partial charge is 0.457 e. The van der Waals surface area contributed by atoms with Gasteiger partial charge in [-0.2, -0.15) is 0 Å². The van der Waals surface area contributed by atoms with Crippen molar-refractivity contribution in [3.63, 3.8) is 0 Å². The molecule has 0 saturated heterocycles. The highest BCUT2D eigenvalue weighted by Crippen LogP contribution is 2.15. The van der Waals surface area contributed by atoms with Crippen LogP contribution in [0.25, 0.3) is 0 Å². The van der Waals surface area contributed by atoms with Gasteiger partial charge in [0.25, 0.3) is 5.91 Å². The summed E-state index contributed by atoms with van der Waals surface area (Å²) in [4.78, 5) is 13.4. The van der Waals surface area contributed by atoms with Crippen LogP contribution >= 0.6 is 15.9 Å². The van der Waals surface area contributed by atoms with E-state index in [0.29, 0.717) is 10.2 Å². The number of furan rings is 1. The molecule has 13 heavy (non-hydrogen) atoms. The van der Waals surface area contributed by atoms with E-state index in [-0.39, 0.29) is 5.91 Å². The Kier molecular flexibility index (Phi) is 3.54. The lowest BCUT2D eigenvalue weighted by Gasteiger charge is -2.16. The number of carbonyl (C=O) groups is 1. The first-order chi connectivity index (χ1) is 6.19. The van der Waals surface area contributed by atoms with Crippen LogP contribution in [0, 0.1) is 0 Å². The molecule has 0 aliphatic carbocycles. The maximum atomic E-state index is 11.7. The Hall–Kier alpha value is -0.770. The molecule has 0 spiro atoms. The first-order valence-electron chi connectivity index (χ1n) is 4.22. The minimum absolute atomic E-state index is 0.0134. The fraction of sp³-hybridized carbons (Fsp3) is 0.444. The number of carbonyl (C=O) groups excluding carboxylic acids is 1. The third-order valence-corrected chi connectivity index (χ3v) is 2.28. The highest BCUT2D eigenvalue weighted by molar-refractivity contribution is 9.10. The van der Waals surface area contributed by atoms with Gasteiger partial charge in [-0.15, -0.1) is 0 Å². The SMILES string of the molecule is CCN(CC)C(=O)c1coc(Br)c1. The third kappa shape index (κ3) is 2.34. The molecule has 1 heterocycles. The molecule has 3 nitrogen and oxygen atoms in total. The molecule has 0 N–H and O–H groups in total. The second-order valence-corrected chi connectivity index (χ2v) is 3.40. The molecule has 4 heteroatoms. The van der Waals surface area contributed by atoms with Crippen molar-refractivity contribution in [2.75, 3.05) is 13.1 Å². The summed E-state index contributed by atoms with van der Waals surface area (Å²) in [5, 5.41) is 0. The molecule has 0 unspecified atom stereocenters. The summed E-state index contributed by atoms with van der Waals surface area (Å²) >= 11 is 3.16. The Morgan fingerprint density at radius 3 is 2.54 bits per heavy atom. The Morgan fingerprint density at radius 1 is 1.54 bits per heavy atom. The van der Waals surface area contributed by atoms with E-state index in [4.69, 9.17) is 4.42 Å². The summed E-state index contributed by atoms with van der Waals surface area (Å²) in [5.41, 5.74) is 0.593. The zero-order valence-corrected chi connectivity index (χ0v) is 9.30. The van der Waals surface area contributed by atoms with Crippen LogP contribution < -0.4 is 0 Å². The first kappa shape index (κ1) is 10.3. The van der Waals surface area contributed by atoms with Gasteiger partial charge in [-0.3, -0.25) is 4.79 Å². The summed E-state index contributed by atoms with van der Waals surface area (Å²) < 4.78 is 5.58. The molecule has 1 amide bonds. The zero-order chi connectivity index (χ0) is 9.84. The minimum Gasteiger partial charge on any atom is -0.457 e. The molecule has 72 valence electrons. The summed E-state index contributed by atoms with van der Waals surface area (Å²) in [6.45, 7) is 5.35. The predicted octanol–water partition coefficient (Wildman–Crippen LogP) is 2.52. The second-order valence-electron chi connectivity index (χ2n) is 2.62. The number of rotatable bonds is 3. The fourth-order valence-electron chi connectivity index (χ4n) is 1.12. The molecule has 0 atom stereocenters. The molecular formula is C9H12BrNO2. The van der Waals surface area contributed by atoms with Crippen LogP contribution in [0.4, 0.5) is 0 Å². The van der Waals surface area contributed by atoms with E-state index in [2.05, 4.69) is 15.9 Å². The Morgan fingerprint density at radius 2 is 2.15 bits per heavy atom. The molecular weight excluding hydrogens is 234 g/mol. The second kappa shape index (κ2) is 4.46. The maximum absolute atomic E-state index is 11.7. The molecule has 1 aromatic rings. The predicted molar refractivity (Wildman–Crippen MR) is 53.7 cm³/mol. The normalized spacial score (nSPS) is 10.1. The van der Waals surface area contributed by atoms with Crippen LogP contribution in [-0.4, -0.2) is 23.9 Å². The van der Waals surface area contributed by atoms with Gasteiger partial charge in [0.2, 0.25) is 0 Å². The van der Waals surface area contributed by atoms with Crippen molar-refractivity contribution in [2.45, 2.75) is 13.8 Å². The van der Waals surface area contributed by atoms with Crippen molar-refractivity contribution in [1.29, 1.82) is 0 Å². The van der Waals surface area contributed by atoms with Crippen LogP contribution in [0.3, 0.4) is 0 Å². The van der Waals surface area contributed by atoms with Crippen LogP contribution in [0.15, 0.2) is 21.4 Å². The summed E-state index contributed by atoms with van der Waals surface area (Å²) in [6.07, 6.45) is 1.46. The van der Waals surface area contributed by atoms with Crippen molar-refractivity contribution in [3.8, 4) is 0 Å². The van der Waals surface area contributed by atoms with Crippen molar-refractivity contribution in [3.05, 3.63) is 22.6 Å². The van der Waals surface area contributed by atoms with Gasteiger partial charge in [-0.1, -0.05) is 0 Å². The van der Waals surface area contributed by atoms with Gasteiger partial charge in [0.1, 0.15) is 6.26 Å². The molecule has 0 aromatic carbocycles. The van der Waals surface area contributed by atoms with E-state index in [1.807, 2.05) is 13.8 Å². The number of hydrogen-bond acceptors (Lipinski definition) is 2. The molecule has 0 radical (unpaired) electrons. The lowest BCUT2D eigenvalue weighted by Crippen LogP contribution is -2.30. The Labute approximate surface area is 85.8 Å².